The van der Waals surface area contributed by atoms with Gasteiger partial charge in [-0.1, -0.05) is 0 Å². The first-order valence-corrected chi connectivity index (χ1v) is 10.2. The van der Waals surface area contributed by atoms with Crippen molar-refractivity contribution in [2.24, 2.45) is 5.92 Å². The van der Waals surface area contributed by atoms with Crippen molar-refractivity contribution in [2.75, 3.05) is 18.1 Å². The third kappa shape index (κ3) is 2.56. The molecule has 2 aromatic rings. The summed E-state index contributed by atoms with van der Waals surface area (Å²) in [5.41, 5.74) is 0.721. The second-order valence-corrected chi connectivity index (χ2v) is 9.44. The highest BCUT2D eigenvalue weighted by Crippen LogP contribution is 2.38. The van der Waals surface area contributed by atoms with Crippen molar-refractivity contribution < 1.29 is 17.6 Å². The number of sulfone groups is 1. The van der Waals surface area contributed by atoms with Gasteiger partial charge in [0.15, 0.2) is 9.84 Å². The van der Waals surface area contributed by atoms with E-state index in [9.17, 15) is 13.2 Å². The predicted molar refractivity (Wildman–Crippen MR) is 84.9 cm³/mol. The summed E-state index contributed by atoms with van der Waals surface area (Å²) < 4.78 is 30.4. The molecule has 1 unspecified atom stereocenters. The Bertz CT molecular complexity index is 787. The van der Waals surface area contributed by atoms with Crippen molar-refractivity contribution in [3.8, 4) is 0 Å². The Morgan fingerprint density at radius 1 is 1.36 bits per heavy atom. The van der Waals surface area contributed by atoms with Gasteiger partial charge in [-0.25, -0.2) is 8.42 Å². The van der Waals surface area contributed by atoms with Gasteiger partial charge in [-0.3, -0.25) is 4.79 Å². The Morgan fingerprint density at radius 2 is 2.18 bits per heavy atom. The molecule has 118 valence electrons. The number of hydrogen-bond acceptors (Lipinski definition) is 5. The maximum absolute atomic E-state index is 12.9. The number of carbonyl (C=O) groups is 1. The van der Waals surface area contributed by atoms with E-state index >= 15 is 0 Å². The number of amides is 1. The van der Waals surface area contributed by atoms with Gasteiger partial charge in [-0.2, -0.15) is 0 Å². The van der Waals surface area contributed by atoms with Crippen LogP contribution in [0.15, 0.2) is 22.8 Å². The Hall–Kier alpha value is -1.34. The van der Waals surface area contributed by atoms with Crippen LogP contribution in [0.4, 0.5) is 0 Å². The van der Waals surface area contributed by atoms with Gasteiger partial charge in [0.05, 0.1) is 27.3 Å². The van der Waals surface area contributed by atoms with Crippen molar-refractivity contribution in [1.82, 2.24) is 4.90 Å². The highest BCUT2D eigenvalue weighted by Gasteiger charge is 2.42. The molecule has 2 fully saturated rings. The monoisotopic (exact) mass is 339 g/mol. The Labute approximate surface area is 132 Å². The first-order valence-electron chi connectivity index (χ1n) is 7.52. The van der Waals surface area contributed by atoms with Crippen molar-refractivity contribution >= 4 is 37.4 Å². The summed E-state index contributed by atoms with van der Waals surface area (Å²) >= 11 is 1.41. The first-order chi connectivity index (χ1) is 10.5. The van der Waals surface area contributed by atoms with Gasteiger partial charge in [0, 0.05) is 18.7 Å². The molecule has 0 spiro atoms. The second kappa shape index (κ2) is 5.09. The zero-order valence-corrected chi connectivity index (χ0v) is 13.7. The number of carbonyl (C=O) groups excluding carboxylic acids is 1. The minimum atomic E-state index is -3.04. The molecule has 1 aliphatic carbocycles. The van der Waals surface area contributed by atoms with Crippen LogP contribution in [0.2, 0.25) is 0 Å². The highest BCUT2D eigenvalue weighted by atomic mass is 32.2. The molecule has 0 radical (unpaired) electrons. The summed E-state index contributed by atoms with van der Waals surface area (Å²) in [5.74, 6) is 0.600. The molecule has 1 amide bonds. The number of hydrogen-bond donors (Lipinski definition) is 0. The van der Waals surface area contributed by atoms with Gasteiger partial charge in [0.1, 0.15) is 5.58 Å². The molecular weight excluding hydrogens is 322 g/mol. The molecule has 0 N–H and O–H groups in total. The molecule has 1 aliphatic heterocycles. The molecule has 2 aliphatic rings. The third-order valence-electron chi connectivity index (χ3n) is 4.46. The van der Waals surface area contributed by atoms with E-state index in [1.807, 2.05) is 6.07 Å². The molecule has 22 heavy (non-hydrogen) atoms. The highest BCUT2D eigenvalue weighted by molar-refractivity contribution is 7.91. The molecule has 1 atom stereocenters. The maximum atomic E-state index is 12.9. The summed E-state index contributed by atoms with van der Waals surface area (Å²) in [5, 5.41) is 0. The zero-order chi connectivity index (χ0) is 15.3. The van der Waals surface area contributed by atoms with Crippen LogP contribution in [0.3, 0.4) is 0 Å². The maximum Gasteiger partial charge on any atom is 0.264 e. The lowest BCUT2D eigenvalue weighted by molar-refractivity contribution is 0.0685. The molecule has 0 bridgehead atoms. The molecule has 1 saturated heterocycles. The molecule has 5 nitrogen and oxygen atoms in total. The fraction of sp³-hybridized carbons (Fsp3) is 0.533. The van der Waals surface area contributed by atoms with E-state index in [1.54, 1.807) is 17.2 Å². The molecule has 0 aromatic carbocycles. The van der Waals surface area contributed by atoms with Gasteiger partial charge in [0.2, 0.25) is 0 Å². The van der Waals surface area contributed by atoms with E-state index in [0.29, 0.717) is 23.8 Å². The van der Waals surface area contributed by atoms with E-state index in [4.69, 9.17) is 4.42 Å². The lowest BCUT2D eigenvalue weighted by Crippen LogP contribution is -2.43. The zero-order valence-electron chi connectivity index (χ0n) is 12.0. The van der Waals surface area contributed by atoms with Crippen LogP contribution < -0.4 is 0 Å². The van der Waals surface area contributed by atoms with Crippen molar-refractivity contribution in [3.63, 3.8) is 0 Å². The van der Waals surface area contributed by atoms with Gasteiger partial charge in [-0.05, 0) is 31.2 Å². The molecule has 1 saturated carbocycles. The van der Waals surface area contributed by atoms with E-state index in [0.717, 1.165) is 23.1 Å². The van der Waals surface area contributed by atoms with Crippen LogP contribution in [-0.4, -0.2) is 43.3 Å². The fourth-order valence-electron chi connectivity index (χ4n) is 3.19. The summed E-state index contributed by atoms with van der Waals surface area (Å²) in [6, 6.07) is 3.46. The molecular formula is C15H17NO4S2. The van der Waals surface area contributed by atoms with Crippen molar-refractivity contribution in [1.29, 1.82) is 0 Å². The molecule has 7 heteroatoms. The number of furan rings is 1. The Morgan fingerprint density at radius 3 is 2.91 bits per heavy atom. The average molecular weight is 339 g/mol. The Balaban J connectivity index is 1.66. The van der Waals surface area contributed by atoms with Crippen LogP contribution in [0.25, 0.3) is 10.3 Å². The first kappa shape index (κ1) is 14.3. The SMILES string of the molecule is O=C(c1cc2occc2s1)N1CCCS(=O)(=O)CC1C1CC1. The summed E-state index contributed by atoms with van der Waals surface area (Å²) in [7, 11) is -3.04. The molecule has 2 aromatic heterocycles. The topological polar surface area (TPSA) is 67.6 Å². The van der Waals surface area contributed by atoms with Crippen LogP contribution in [0, 0.1) is 5.92 Å². The smallest absolute Gasteiger partial charge is 0.264 e. The number of fused-ring (bicyclic) bond motifs is 1. The average Bonchev–Trinajstić information content (AvgIpc) is 3.11. The summed E-state index contributed by atoms with van der Waals surface area (Å²) in [4.78, 5) is 15.3. The van der Waals surface area contributed by atoms with Crippen LogP contribution in [-0.2, 0) is 9.84 Å². The normalized spacial score (nSPS) is 25.3. The standard InChI is InChI=1S/C15H17NO4S2/c17-15(14-8-12-13(21-14)4-6-20-12)16-5-1-7-22(18,19)9-11(16)10-2-3-10/h4,6,8,10-11H,1-3,5,7,9H2. The van der Waals surface area contributed by atoms with E-state index in [1.165, 1.54) is 11.3 Å². The van der Waals surface area contributed by atoms with Gasteiger partial charge in [-0.15, -0.1) is 11.3 Å². The number of rotatable bonds is 2. The lowest BCUT2D eigenvalue weighted by Gasteiger charge is -2.29. The minimum Gasteiger partial charge on any atom is -0.463 e. The predicted octanol–water partition coefficient (Wildman–Crippen LogP) is 2.53. The second-order valence-electron chi connectivity index (χ2n) is 6.13. The van der Waals surface area contributed by atoms with Gasteiger partial charge >= 0.3 is 0 Å². The molecule has 4 rings (SSSR count). The van der Waals surface area contributed by atoms with Gasteiger partial charge in [0.25, 0.3) is 5.91 Å². The minimum absolute atomic E-state index is 0.0506. The van der Waals surface area contributed by atoms with Crippen molar-refractivity contribution in [3.05, 3.63) is 23.3 Å². The summed E-state index contributed by atoms with van der Waals surface area (Å²) in [6.07, 6.45) is 4.19. The van der Waals surface area contributed by atoms with E-state index in [2.05, 4.69) is 0 Å². The largest absolute Gasteiger partial charge is 0.463 e. The Kier molecular flexibility index (Phi) is 3.30. The third-order valence-corrected chi connectivity index (χ3v) is 7.29. The number of thiophene rings is 1. The lowest BCUT2D eigenvalue weighted by atomic mass is 10.1. The van der Waals surface area contributed by atoms with Crippen LogP contribution >= 0.6 is 11.3 Å². The van der Waals surface area contributed by atoms with Gasteiger partial charge < -0.3 is 9.32 Å². The number of nitrogens with zero attached hydrogens (tertiary/aromatic N) is 1. The van der Waals surface area contributed by atoms with E-state index in [-0.39, 0.29) is 23.5 Å². The summed E-state index contributed by atoms with van der Waals surface area (Å²) in [6.45, 7) is 0.526. The van der Waals surface area contributed by atoms with Crippen LogP contribution in [0.1, 0.15) is 28.9 Å². The fourth-order valence-corrected chi connectivity index (χ4v) is 5.84. The van der Waals surface area contributed by atoms with Crippen molar-refractivity contribution in [2.45, 2.75) is 25.3 Å². The van der Waals surface area contributed by atoms with E-state index < -0.39 is 9.84 Å². The molecule has 3 heterocycles. The quantitative estimate of drug-likeness (QED) is 0.843. The van der Waals surface area contributed by atoms with Crippen LogP contribution in [0.5, 0.6) is 0 Å².